The average molecular weight is 281 g/mol. The number of hydrogen-bond acceptors (Lipinski definition) is 3. The third-order valence-electron chi connectivity index (χ3n) is 3.47. The summed E-state index contributed by atoms with van der Waals surface area (Å²) in [7, 11) is -3.69. The van der Waals surface area contributed by atoms with Gasteiger partial charge in [0.05, 0.1) is 4.90 Å². The van der Waals surface area contributed by atoms with Gasteiger partial charge in [-0.3, -0.25) is 4.79 Å². The Balaban J connectivity index is 2.37. The van der Waals surface area contributed by atoms with Crippen molar-refractivity contribution in [2.45, 2.75) is 50.5 Å². The molecule has 1 amide bonds. The Labute approximate surface area is 114 Å². The monoisotopic (exact) mass is 281 g/mol. The van der Waals surface area contributed by atoms with Crippen molar-refractivity contribution in [2.75, 3.05) is 0 Å². The largest absolute Gasteiger partial charge is 0.274 e. The number of aryl methyl sites for hydroxylation is 1. The summed E-state index contributed by atoms with van der Waals surface area (Å²) in [5.74, 6) is -0.279. The second-order valence-electron chi connectivity index (χ2n) is 4.99. The van der Waals surface area contributed by atoms with E-state index in [9.17, 15) is 13.2 Å². The second kappa shape index (κ2) is 5.33. The van der Waals surface area contributed by atoms with E-state index in [1.54, 1.807) is 24.3 Å². The average Bonchev–Trinajstić information content (AvgIpc) is 2.72. The number of sulfonamides is 1. The van der Waals surface area contributed by atoms with E-state index in [1.165, 1.54) is 0 Å². The summed E-state index contributed by atoms with van der Waals surface area (Å²) in [5, 5.41) is 0. The predicted molar refractivity (Wildman–Crippen MR) is 73.1 cm³/mol. The fourth-order valence-electron chi connectivity index (χ4n) is 2.47. The zero-order valence-electron chi connectivity index (χ0n) is 11.3. The molecule has 0 saturated carbocycles. The van der Waals surface area contributed by atoms with Crippen LogP contribution in [0.5, 0.6) is 0 Å². The zero-order valence-corrected chi connectivity index (χ0v) is 12.1. The lowest BCUT2D eigenvalue weighted by Gasteiger charge is -2.24. The summed E-state index contributed by atoms with van der Waals surface area (Å²) >= 11 is 0. The van der Waals surface area contributed by atoms with Crippen LogP contribution in [0.3, 0.4) is 0 Å². The number of hydrogen-bond donors (Lipinski definition) is 0. The number of rotatable bonds is 4. The van der Waals surface area contributed by atoms with Gasteiger partial charge in [-0.1, -0.05) is 31.0 Å². The molecule has 0 radical (unpaired) electrons. The molecule has 5 heteroatoms. The molecule has 1 atom stereocenters. The Morgan fingerprint density at radius 3 is 2.47 bits per heavy atom. The lowest BCUT2D eigenvalue weighted by molar-refractivity contribution is -0.124. The van der Waals surface area contributed by atoms with Crippen LogP contribution in [-0.2, 0) is 14.8 Å². The lowest BCUT2D eigenvalue weighted by atomic mass is 10.1. The van der Waals surface area contributed by atoms with E-state index in [0.29, 0.717) is 12.8 Å². The van der Waals surface area contributed by atoms with E-state index < -0.39 is 10.0 Å². The van der Waals surface area contributed by atoms with Gasteiger partial charge in [0.15, 0.2) is 0 Å². The van der Waals surface area contributed by atoms with E-state index in [-0.39, 0.29) is 16.8 Å². The Hall–Kier alpha value is -1.36. The SMILES string of the molecule is CCC[C@@H]1CCC(=O)N1S(=O)(=O)c1ccc(C)cc1. The van der Waals surface area contributed by atoms with Crippen molar-refractivity contribution in [3.05, 3.63) is 29.8 Å². The molecule has 0 spiro atoms. The molecule has 1 fully saturated rings. The standard InChI is InChI=1S/C14H19NO3S/c1-3-4-12-7-10-14(16)15(12)19(17,18)13-8-5-11(2)6-9-13/h5-6,8-9,12H,3-4,7,10H2,1-2H3/t12-/m1/s1. The molecule has 1 aromatic rings. The maximum Gasteiger partial charge on any atom is 0.266 e. The predicted octanol–water partition coefficient (Wildman–Crippen LogP) is 2.47. The summed E-state index contributed by atoms with van der Waals surface area (Å²) in [6.07, 6.45) is 2.57. The molecular weight excluding hydrogens is 262 g/mol. The Kier molecular flexibility index (Phi) is 3.94. The van der Waals surface area contributed by atoms with Crippen LogP contribution in [0.15, 0.2) is 29.2 Å². The molecule has 2 rings (SSSR count). The van der Waals surface area contributed by atoms with Crippen LogP contribution in [0, 0.1) is 6.92 Å². The first-order chi connectivity index (χ1) is 8.96. The van der Waals surface area contributed by atoms with Gasteiger partial charge >= 0.3 is 0 Å². The fourth-order valence-corrected chi connectivity index (χ4v) is 4.14. The van der Waals surface area contributed by atoms with Gasteiger partial charge in [0.25, 0.3) is 10.0 Å². The van der Waals surface area contributed by atoms with E-state index in [1.807, 2.05) is 13.8 Å². The first-order valence-corrected chi connectivity index (χ1v) is 8.04. The van der Waals surface area contributed by atoms with Crippen LogP contribution in [0.25, 0.3) is 0 Å². The summed E-state index contributed by atoms with van der Waals surface area (Å²) in [5.41, 5.74) is 0.997. The molecule has 0 aromatic heterocycles. The van der Waals surface area contributed by atoms with Gasteiger partial charge in [0.2, 0.25) is 5.91 Å². The van der Waals surface area contributed by atoms with Crippen molar-refractivity contribution in [1.82, 2.24) is 4.31 Å². The van der Waals surface area contributed by atoms with Crippen molar-refractivity contribution >= 4 is 15.9 Å². The smallest absolute Gasteiger partial charge is 0.266 e. The number of benzene rings is 1. The molecule has 1 aromatic carbocycles. The lowest BCUT2D eigenvalue weighted by Crippen LogP contribution is -2.38. The first-order valence-electron chi connectivity index (χ1n) is 6.60. The molecule has 0 unspecified atom stereocenters. The third kappa shape index (κ3) is 2.66. The van der Waals surface area contributed by atoms with Gasteiger partial charge in [-0.15, -0.1) is 0 Å². The first kappa shape index (κ1) is 14.1. The minimum atomic E-state index is -3.69. The summed E-state index contributed by atoms with van der Waals surface area (Å²) in [6.45, 7) is 3.90. The highest BCUT2D eigenvalue weighted by Gasteiger charge is 2.39. The van der Waals surface area contributed by atoms with Crippen LogP contribution >= 0.6 is 0 Å². The van der Waals surface area contributed by atoms with Gasteiger partial charge in [-0.05, 0) is 31.9 Å². The fraction of sp³-hybridized carbons (Fsp3) is 0.500. The van der Waals surface area contributed by atoms with Crippen molar-refractivity contribution in [3.63, 3.8) is 0 Å². The highest BCUT2D eigenvalue weighted by atomic mass is 32.2. The molecule has 1 heterocycles. The number of carbonyl (C=O) groups is 1. The molecule has 0 N–H and O–H groups in total. The summed E-state index contributed by atoms with van der Waals surface area (Å²) < 4.78 is 26.2. The van der Waals surface area contributed by atoms with Gasteiger partial charge in [-0.25, -0.2) is 12.7 Å². The van der Waals surface area contributed by atoms with Gasteiger partial charge in [-0.2, -0.15) is 0 Å². The molecule has 104 valence electrons. The Bertz CT molecular complexity index is 563. The molecule has 1 aliphatic rings. The number of nitrogens with zero attached hydrogens (tertiary/aromatic N) is 1. The van der Waals surface area contributed by atoms with E-state index in [0.717, 1.165) is 22.7 Å². The van der Waals surface area contributed by atoms with Crippen LogP contribution in [0.4, 0.5) is 0 Å². The second-order valence-corrected chi connectivity index (χ2v) is 6.80. The molecule has 4 nitrogen and oxygen atoms in total. The molecule has 0 bridgehead atoms. The Morgan fingerprint density at radius 1 is 1.26 bits per heavy atom. The number of amides is 1. The summed E-state index contributed by atoms with van der Waals surface area (Å²) in [4.78, 5) is 12.1. The maximum absolute atomic E-state index is 12.5. The van der Waals surface area contributed by atoms with Crippen LogP contribution < -0.4 is 0 Å². The van der Waals surface area contributed by atoms with Gasteiger partial charge < -0.3 is 0 Å². The van der Waals surface area contributed by atoms with Crippen molar-refractivity contribution in [1.29, 1.82) is 0 Å². The highest BCUT2D eigenvalue weighted by Crippen LogP contribution is 2.29. The van der Waals surface area contributed by atoms with Gasteiger partial charge in [0.1, 0.15) is 0 Å². The normalized spacial score (nSPS) is 20.0. The molecule has 0 aliphatic carbocycles. The number of carbonyl (C=O) groups excluding carboxylic acids is 1. The molecule has 19 heavy (non-hydrogen) atoms. The third-order valence-corrected chi connectivity index (χ3v) is 5.36. The highest BCUT2D eigenvalue weighted by molar-refractivity contribution is 7.89. The van der Waals surface area contributed by atoms with Crippen molar-refractivity contribution < 1.29 is 13.2 Å². The minimum Gasteiger partial charge on any atom is -0.274 e. The van der Waals surface area contributed by atoms with Crippen molar-refractivity contribution in [3.8, 4) is 0 Å². The zero-order chi connectivity index (χ0) is 14.0. The van der Waals surface area contributed by atoms with Gasteiger partial charge in [0, 0.05) is 12.5 Å². The summed E-state index contributed by atoms with van der Waals surface area (Å²) in [6, 6.07) is 6.46. The molecular formula is C14H19NO3S. The van der Waals surface area contributed by atoms with Crippen LogP contribution in [-0.4, -0.2) is 24.7 Å². The van der Waals surface area contributed by atoms with Crippen LogP contribution in [0.1, 0.15) is 38.2 Å². The Morgan fingerprint density at radius 2 is 1.89 bits per heavy atom. The van der Waals surface area contributed by atoms with Crippen LogP contribution in [0.2, 0.25) is 0 Å². The maximum atomic E-state index is 12.5. The molecule has 1 saturated heterocycles. The van der Waals surface area contributed by atoms with E-state index in [2.05, 4.69) is 0 Å². The minimum absolute atomic E-state index is 0.177. The van der Waals surface area contributed by atoms with Crippen molar-refractivity contribution in [2.24, 2.45) is 0 Å². The molecule has 1 aliphatic heterocycles. The quantitative estimate of drug-likeness (QED) is 0.852. The topological polar surface area (TPSA) is 54.5 Å². The van der Waals surface area contributed by atoms with E-state index in [4.69, 9.17) is 0 Å². The van der Waals surface area contributed by atoms with E-state index >= 15 is 0 Å².